The van der Waals surface area contributed by atoms with Crippen LogP contribution in [0.3, 0.4) is 0 Å². The molecule has 7 nitrogen and oxygen atoms in total. The number of anilines is 1. The second kappa shape index (κ2) is 9.32. The van der Waals surface area contributed by atoms with Crippen LogP contribution in [-0.2, 0) is 9.84 Å². The van der Waals surface area contributed by atoms with Gasteiger partial charge in [0.1, 0.15) is 11.5 Å². The number of carbonyl (C=O) groups excluding carboxylic acids is 1. The van der Waals surface area contributed by atoms with Crippen molar-refractivity contribution in [2.45, 2.75) is 31.8 Å². The zero-order chi connectivity index (χ0) is 21.9. The number of carbonyl (C=O) groups is 1. The molecule has 2 aromatic rings. The average molecular weight is 469 g/mol. The van der Waals surface area contributed by atoms with E-state index in [1.807, 2.05) is 12.1 Å². The van der Waals surface area contributed by atoms with Gasteiger partial charge in [0.25, 0.3) is 5.91 Å². The first-order valence-corrected chi connectivity index (χ1v) is 12.1. The first kappa shape index (κ1) is 22.5. The lowest BCUT2D eigenvalue weighted by Gasteiger charge is -2.26. The van der Waals surface area contributed by atoms with Crippen LogP contribution in [0.2, 0.25) is 10.0 Å². The molecule has 1 saturated heterocycles. The van der Waals surface area contributed by atoms with E-state index in [0.717, 1.165) is 36.6 Å². The third kappa shape index (κ3) is 5.50. The topological polar surface area (TPSA) is 92.3 Å². The van der Waals surface area contributed by atoms with Crippen molar-refractivity contribution in [2.24, 2.45) is 0 Å². The van der Waals surface area contributed by atoms with Crippen LogP contribution < -0.4 is 10.2 Å². The monoisotopic (exact) mass is 468 g/mol. The third-order valence-corrected chi connectivity index (χ3v) is 6.22. The minimum Gasteiger partial charge on any atom is -0.348 e. The summed E-state index contributed by atoms with van der Waals surface area (Å²) in [5.41, 5.74) is 1.09. The van der Waals surface area contributed by atoms with Gasteiger partial charge in [0.05, 0.1) is 28.5 Å². The van der Waals surface area contributed by atoms with Crippen LogP contribution in [0.1, 0.15) is 41.9 Å². The van der Waals surface area contributed by atoms with Gasteiger partial charge in [0, 0.05) is 24.3 Å². The Hall–Kier alpha value is -2.16. The Labute approximate surface area is 186 Å². The number of aromatic nitrogens is 2. The Morgan fingerprint density at radius 3 is 2.73 bits per heavy atom. The van der Waals surface area contributed by atoms with E-state index in [4.69, 9.17) is 23.2 Å². The summed E-state index contributed by atoms with van der Waals surface area (Å²) in [6.45, 7) is 2.46. The molecule has 2 atom stereocenters. The number of halogens is 2. The minimum atomic E-state index is -3.25. The third-order valence-electron chi connectivity index (χ3n) is 4.73. The van der Waals surface area contributed by atoms with Crippen LogP contribution in [0.15, 0.2) is 42.1 Å². The van der Waals surface area contributed by atoms with Crippen molar-refractivity contribution in [1.82, 2.24) is 15.3 Å². The fourth-order valence-electron chi connectivity index (χ4n) is 3.32. The second-order valence-corrected chi connectivity index (χ2v) is 9.89. The van der Waals surface area contributed by atoms with Gasteiger partial charge in [0.15, 0.2) is 9.84 Å². The Morgan fingerprint density at radius 1 is 1.30 bits per heavy atom. The zero-order valence-corrected chi connectivity index (χ0v) is 18.9. The molecule has 1 aromatic carbocycles. The van der Waals surface area contributed by atoms with Gasteiger partial charge >= 0.3 is 0 Å². The maximum atomic E-state index is 12.3. The van der Waals surface area contributed by atoms with E-state index >= 15 is 0 Å². The van der Waals surface area contributed by atoms with Gasteiger partial charge in [-0.3, -0.25) is 4.79 Å². The van der Waals surface area contributed by atoms with Crippen LogP contribution in [-0.4, -0.2) is 43.1 Å². The van der Waals surface area contributed by atoms with Crippen molar-refractivity contribution < 1.29 is 13.2 Å². The fraction of sp³-hybridized carbons (Fsp3) is 0.350. The highest BCUT2D eigenvalue weighted by molar-refractivity contribution is 7.93. The van der Waals surface area contributed by atoms with E-state index in [9.17, 15) is 13.2 Å². The lowest BCUT2D eigenvalue weighted by atomic mass is 10.0. The standard InChI is InChI=1S/C20H22Cl2N4O3S/c1-13(8-10-30(2,28)29)25-20(27)16-11-24-18(12-23-16)26-9-4-7-17(26)14-5-3-6-15(21)19(14)22/h3,5-6,8,10-13,17H,4,7,9H2,1-2H3,(H,25,27)/b10-8+/t13-,17+/m1/s1. The van der Waals surface area contributed by atoms with E-state index in [-0.39, 0.29) is 11.7 Å². The lowest BCUT2D eigenvalue weighted by molar-refractivity contribution is 0.0941. The van der Waals surface area contributed by atoms with Crippen molar-refractivity contribution in [1.29, 1.82) is 0 Å². The summed E-state index contributed by atoms with van der Waals surface area (Å²) in [5.74, 6) is 0.214. The minimum absolute atomic E-state index is 0.0336. The van der Waals surface area contributed by atoms with Gasteiger partial charge < -0.3 is 10.2 Å². The van der Waals surface area contributed by atoms with Crippen LogP contribution >= 0.6 is 23.2 Å². The van der Waals surface area contributed by atoms with Gasteiger partial charge in [-0.15, -0.1) is 0 Å². The summed E-state index contributed by atoms with van der Waals surface area (Å²) < 4.78 is 22.4. The molecule has 0 spiro atoms. The second-order valence-electron chi connectivity index (χ2n) is 7.17. The summed E-state index contributed by atoms with van der Waals surface area (Å²) in [5, 5.41) is 4.77. The number of hydrogen-bond acceptors (Lipinski definition) is 6. The van der Waals surface area contributed by atoms with Gasteiger partial charge in [-0.25, -0.2) is 18.4 Å². The number of benzene rings is 1. The average Bonchev–Trinajstić information content (AvgIpc) is 3.17. The van der Waals surface area contributed by atoms with Crippen LogP contribution in [0.4, 0.5) is 5.82 Å². The van der Waals surface area contributed by atoms with Crippen LogP contribution in [0.5, 0.6) is 0 Å². The molecular formula is C20H22Cl2N4O3S. The predicted octanol–water partition coefficient (Wildman–Crippen LogP) is 3.80. The summed E-state index contributed by atoms with van der Waals surface area (Å²) in [7, 11) is -3.25. The highest BCUT2D eigenvalue weighted by Crippen LogP contribution is 2.40. The molecular weight excluding hydrogens is 447 g/mol. The highest BCUT2D eigenvalue weighted by atomic mass is 35.5. The van der Waals surface area contributed by atoms with E-state index in [2.05, 4.69) is 20.2 Å². The molecule has 3 rings (SSSR count). The number of sulfone groups is 1. The Balaban J connectivity index is 1.72. The molecule has 1 N–H and O–H groups in total. The van der Waals surface area contributed by atoms with Crippen LogP contribution in [0, 0.1) is 0 Å². The highest BCUT2D eigenvalue weighted by Gasteiger charge is 2.29. The first-order valence-electron chi connectivity index (χ1n) is 9.37. The number of amides is 1. The molecule has 0 aliphatic carbocycles. The largest absolute Gasteiger partial charge is 0.348 e. The fourth-order valence-corrected chi connectivity index (χ4v) is 4.27. The predicted molar refractivity (Wildman–Crippen MR) is 119 cm³/mol. The van der Waals surface area contributed by atoms with E-state index < -0.39 is 21.8 Å². The molecule has 0 unspecified atom stereocenters. The summed E-state index contributed by atoms with van der Waals surface area (Å²) in [4.78, 5) is 23.1. The smallest absolute Gasteiger partial charge is 0.271 e. The zero-order valence-electron chi connectivity index (χ0n) is 16.5. The molecule has 1 aromatic heterocycles. The van der Waals surface area contributed by atoms with Gasteiger partial charge in [-0.1, -0.05) is 41.4 Å². The molecule has 1 amide bonds. The summed E-state index contributed by atoms with van der Waals surface area (Å²) in [6.07, 6.45) is 7.34. The van der Waals surface area contributed by atoms with E-state index in [0.29, 0.717) is 15.9 Å². The Morgan fingerprint density at radius 2 is 2.07 bits per heavy atom. The quantitative estimate of drug-likeness (QED) is 0.692. The number of hydrogen-bond donors (Lipinski definition) is 1. The van der Waals surface area contributed by atoms with Gasteiger partial charge in [0.2, 0.25) is 0 Å². The molecule has 0 radical (unpaired) electrons. The Bertz CT molecular complexity index is 1060. The summed E-state index contributed by atoms with van der Waals surface area (Å²) in [6, 6.07) is 5.15. The maximum Gasteiger partial charge on any atom is 0.271 e. The number of nitrogens with zero attached hydrogens (tertiary/aromatic N) is 3. The molecule has 0 saturated carbocycles. The number of rotatable bonds is 6. The number of nitrogens with one attached hydrogen (secondary N) is 1. The molecule has 1 fully saturated rings. The maximum absolute atomic E-state index is 12.3. The van der Waals surface area contributed by atoms with Gasteiger partial charge in [-0.2, -0.15) is 0 Å². The van der Waals surface area contributed by atoms with E-state index in [1.165, 1.54) is 12.3 Å². The molecule has 2 heterocycles. The summed E-state index contributed by atoms with van der Waals surface area (Å²) >= 11 is 12.6. The van der Waals surface area contributed by atoms with Crippen molar-refractivity contribution in [3.8, 4) is 0 Å². The lowest BCUT2D eigenvalue weighted by Crippen LogP contribution is -2.32. The molecule has 10 heteroatoms. The first-order chi connectivity index (χ1) is 14.2. The molecule has 1 aliphatic rings. The SMILES string of the molecule is C[C@H](/C=C/S(C)(=O)=O)NC(=O)c1cnc(N2CCC[C@H]2c2cccc(Cl)c2Cl)cn1. The van der Waals surface area contributed by atoms with Crippen molar-refractivity contribution >= 4 is 44.8 Å². The van der Waals surface area contributed by atoms with Crippen molar-refractivity contribution in [3.05, 3.63) is 63.4 Å². The molecule has 0 bridgehead atoms. The van der Waals surface area contributed by atoms with Gasteiger partial charge in [-0.05, 0) is 31.4 Å². The van der Waals surface area contributed by atoms with Crippen molar-refractivity contribution in [2.75, 3.05) is 17.7 Å². The van der Waals surface area contributed by atoms with Crippen molar-refractivity contribution in [3.63, 3.8) is 0 Å². The molecule has 160 valence electrons. The van der Waals surface area contributed by atoms with E-state index in [1.54, 1.807) is 19.2 Å². The Kier molecular flexibility index (Phi) is 7.00. The molecule has 1 aliphatic heterocycles. The normalized spacial score (nSPS) is 18.0. The van der Waals surface area contributed by atoms with Crippen LogP contribution in [0.25, 0.3) is 0 Å². The molecule has 30 heavy (non-hydrogen) atoms.